The number of ether oxygens (including phenoxy) is 1. The first-order chi connectivity index (χ1) is 10.8. The number of benzene rings is 1. The van der Waals surface area contributed by atoms with E-state index < -0.39 is 17.8 Å². The number of nitrogens with two attached hydrogens (primary N) is 1. The number of hydrogen-bond acceptors (Lipinski definition) is 5. The lowest BCUT2D eigenvalue weighted by Crippen LogP contribution is -2.27. The fourth-order valence-corrected chi connectivity index (χ4v) is 1.67. The largest absolute Gasteiger partial charge is 0.462 e. The minimum atomic E-state index is -0.892. The van der Waals surface area contributed by atoms with Gasteiger partial charge in [0.05, 0.1) is 17.9 Å². The molecule has 0 spiro atoms. The van der Waals surface area contributed by atoms with E-state index in [0.29, 0.717) is 10.6 Å². The molecule has 0 atom stereocenters. The lowest BCUT2D eigenvalue weighted by molar-refractivity contribution is -0.137. The molecule has 0 aliphatic heterocycles. The SMILES string of the molecule is CCOC(=O)C(=C\C(=O)c1ccc(Cl)cc1)/C(C)=N/NC(N)=O. The summed E-state index contributed by atoms with van der Waals surface area (Å²) in [6.45, 7) is 3.19. The molecular weight excluding hydrogens is 322 g/mol. The van der Waals surface area contributed by atoms with E-state index in [9.17, 15) is 14.4 Å². The molecule has 23 heavy (non-hydrogen) atoms. The number of hydrogen-bond donors (Lipinski definition) is 2. The summed E-state index contributed by atoms with van der Waals surface area (Å²) in [5, 5.41) is 4.12. The molecule has 1 rings (SSSR count). The molecule has 0 unspecified atom stereocenters. The Bertz CT molecular complexity index is 666. The molecule has 3 N–H and O–H groups in total. The molecule has 0 radical (unpaired) electrons. The molecule has 0 bridgehead atoms. The van der Waals surface area contributed by atoms with Gasteiger partial charge in [0.25, 0.3) is 0 Å². The van der Waals surface area contributed by atoms with Crippen molar-refractivity contribution in [3.63, 3.8) is 0 Å². The fraction of sp³-hybridized carbons (Fsp3) is 0.200. The first kappa shape index (κ1) is 18.4. The van der Waals surface area contributed by atoms with Crippen LogP contribution in [0.1, 0.15) is 24.2 Å². The van der Waals surface area contributed by atoms with Crippen molar-refractivity contribution in [2.75, 3.05) is 6.61 Å². The maximum atomic E-state index is 12.2. The first-order valence-electron chi connectivity index (χ1n) is 6.64. The maximum absolute atomic E-state index is 12.2. The molecule has 0 heterocycles. The molecule has 8 heteroatoms. The van der Waals surface area contributed by atoms with Crippen LogP contribution < -0.4 is 11.2 Å². The van der Waals surface area contributed by atoms with Gasteiger partial charge in [-0.3, -0.25) is 4.79 Å². The summed E-state index contributed by atoms with van der Waals surface area (Å²) in [5.41, 5.74) is 7.25. The van der Waals surface area contributed by atoms with Crippen molar-refractivity contribution in [2.45, 2.75) is 13.8 Å². The predicted molar refractivity (Wildman–Crippen MR) is 86.3 cm³/mol. The zero-order valence-corrected chi connectivity index (χ0v) is 13.4. The molecule has 0 aromatic heterocycles. The summed E-state index contributed by atoms with van der Waals surface area (Å²) in [6.07, 6.45) is 1.09. The predicted octanol–water partition coefficient (Wildman–Crippen LogP) is 2.06. The Balaban J connectivity index is 3.14. The zero-order valence-electron chi connectivity index (χ0n) is 12.6. The van der Waals surface area contributed by atoms with Crippen LogP contribution in [0.3, 0.4) is 0 Å². The normalized spacial score (nSPS) is 11.8. The molecule has 122 valence electrons. The third-order valence-corrected chi connectivity index (χ3v) is 2.88. The minimum Gasteiger partial charge on any atom is -0.462 e. The summed E-state index contributed by atoms with van der Waals surface area (Å²) in [4.78, 5) is 34.9. The van der Waals surface area contributed by atoms with E-state index >= 15 is 0 Å². The second-order valence-electron chi connectivity index (χ2n) is 4.32. The molecule has 2 amide bonds. The smallest absolute Gasteiger partial charge is 0.340 e. The number of rotatable bonds is 6. The average Bonchev–Trinajstić information content (AvgIpc) is 2.50. The van der Waals surface area contributed by atoms with Gasteiger partial charge in [0.2, 0.25) is 0 Å². The van der Waals surface area contributed by atoms with Crippen LogP contribution in [0.25, 0.3) is 0 Å². The number of carbonyl (C=O) groups excluding carboxylic acids is 3. The van der Waals surface area contributed by atoms with Crippen molar-refractivity contribution in [1.29, 1.82) is 0 Å². The quantitative estimate of drug-likeness (QED) is 0.272. The third kappa shape index (κ3) is 5.91. The molecule has 0 saturated carbocycles. The molecule has 0 aliphatic rings. The van der Waals surface area contributed by atoms with Crippen LogP contribution in [-0.4, -0.2) is 30.1 Å². The molecule has 0 aliphatic carbocycles. The van der Waals surface area contributed by atoms with Crippen molar-refractivity contribution in [2.24, 2.45) is 10.8 Å². The number of carbonyl (C=O) groups is 3. The summed E-state index contributed by atoms with van der Waals surface area (Å²) in [7, 11) is 0. The number of nitrogens with one attached hydrogen (secondary N) is 1. The number of ketones is 1. The van der Waals surface area contributed by atoms with Crippen LogP contribution in [0.15, 0.2) is 41.0 Å². The second-order valence-corrected chi connectivity index (χ2v) is 4.76. The highest BCUT2D eigenvalue weighted by molar-refractivity contribution is 6.30. The van der Waals surface area contributed by atoms with E-state index in [2.05, 4.69) is 5.10 Å². The number of nitrogens with zero attached hydrogens (tertiary/aromatic N) is 1. The number of halogens is 1. The van der Waals surface area contributed by atoms with Gasteiger partial charge in [-0.1, -0.05) is 11.6 Å². The van der Waals surface area contributed by atoms with E-state index in [1.54, 1.807) is 19.1 Å². The highest BCUT2D eigenvalue weighted by Gasteiger charge is 2.17. The Labute approximate surface area is 138 Å². The maximum Gasteiger partial charge on any atom is 0.340 e. The Morgan fingerprint density at radius 3 is 2.43 bits per heavy atom. The van der Waals surface area contributed by atoms with Gasteiger partial charge in [0.15, 0.2) is 5.78 Å². The number of esters is 1. The van der Waals surface area contributed by atoms with Gasteiger partial charge >= 0.3 is 12.0 Å². The Kier molecular flexibility index (Phi) is 6.95. The van der Waals surface area contributed by atoms with Crippen LogP contribution in [0.4, 0.5) is 4.79 Å². The van der Waals surface area contributed by atoms with Gasteiger partial charge in [-0.2, -0.15) is 5.10 Å². The summed E-state index contributed by atoms with van der Waals surface area (Å²) >= 11 is 5.76. The monoisotopic (exact) mass is 337 g/mol. The third-order valence-electron chi connectivity index (χ3n) is 2.62. The van der Waals surface area contributed by atoms with Crippen LogP contribution in [0, 0.1) is 0 Å². The number of primary amides is 1. The van der Waals surface area contributed by atoms with E-state index in [1.165, 1.54) is 19.1 Å². The fourth-order valence-electron chi connectivity index (χ4n) is 1.55. The molecule has 1 aromatic carbocycles. The minimum absolute atomic E-state index is 0.0828. The topological polar surface area (TPSA) is 111 Å². The average molecular weight is 338 g/mol. The van der Waals surface area contributed by atoms with Gasteiger partial charge in [-0.25, -0.2) is 15.0 Å². The highest BCUT2D eigenvalue weighted by Crippen LogP contribution is 2.12. The summed E-state index contributed by atoms with van der Waals surface area (Å²) < 4.78 is 4.88. The van der Waals surface area contributed by atoms with Crippen LogP contribution in [0.2, 0.25) is 5.02 Å². The van der Waals surface area contributed by atoms with E-state index in [4.69, 9.17) is 22.1 Å². The van der Waals surface area contributed by atoms with Crippen molar-refractivity contribution in [3.8, 4) is 0 Å². The first-order valence-corrected chi connectivity index (χ1v) is 7.01. The van der Waals surface area contributed by atoms with Crippen LogP contribution in [-0.2, 0) is 9.53 Å². The van der Waals surface area contributed by atoms with E-state index in [-0.39, 0.29) is 17.9 Å². The molecule has 0 fully saturated rings. The molecule has 1 aromatic rings. The van der Waals surface area contributed by atoms with Gasteiger partial charge in [-0.15, -0.1) is 0 Å². The number of allylic oxidation sites excluding steroid dienone is 1. The van der Waals surface area contributed by atoms with Crippen LogP contribution in [0.5, 0.6) is 0 Å². The standard InChI is InChI=1S/C15H16ClN3O4/c1-3-23-14(21)12(9(2)18-19-15(17)22)8-13(20)10-4-6-11(16)7-5-10/h4-8H,3H2,1-2H3,(H3,17,19,22)/b12-8-,18-9+. The number of amides is 2. The van der Waals surface area contributed by atoms with Gasteiger partial charge in [0.1, 0.15) is 0 Å². The number of hydrazone groups is 1. The van der Waals surface area contributed by atoms with Crippen molar-refractivity contribution < 1.29 is 19.1 Å². The van der Waals surface area contributed by atoms with Gasteiger partial charge in [-0.05, 0) is 38.1 Å². The molecule has 7 nitrogen and oxygen atoms in total. The van der Waals surface area contributed by atoms with E-state index in [1.807, 2.05) is 5.43 Å². The number of urea groups is 1. The Morgan fingerprint density at radius 2 is 1.91 bits per heavy atom. The summed E-state index contributed by atoms with van der Waals surface area (Å²) in [6, 6.07) is 5.28. The Morgan fingerprint density at radius 1 is 1.30 bits per heavy atom. The van der Waals surface area contributed by atoms with Crippen molar-refractivity contribution in [3.05, 3.63) is 46.5 Å². The zero-order chi connectivity index (χ0) is 17.4. The highest BCUT2D eigenvalue weighted by atomic mass is 35.5. The van der Waals surface area contributed by atoms with Crippen molar-refractivity contribution in [1.82, 2.24) is 5.43 Å². The van der Waals surface area contributed by atoms with Gasteiger partial charge < -0.3 is 10.5 Å². The van der Waals surface area contributed by atoms with Gasteiger partial charge in [0, 0.05) is 16.7 Å². The second kappa shape index (κ2) is 8.70. The van der Waals surface area contributed by atoms with Crippen molar-refractivity contribution >= 4 is 35.1 Å². The van der Waals surface area contributed by atoms with E-state index in [0.717, 1.165) is 6.08 Å². The van der Waals surface area contributed by atoms with Crippen LogP contribution >= 0.6 is 11.6 Å². The molecule has 0 saturated heterocycles. The Hall–Kier alpha value is -2.67. The molecular formula is C15H16ClN3O4. The lowest BCUT2D eigenvalue weighted by atomic mass is 10.1. The lowest BCUT2D eigenvalue weighted by Gasteiger charge is -2.07. The summed E-state index contributed by atoms with van der Waals surface area (Å²) in [5.74, 6) is -1.17.